The normalized spacial score (nSPS) is 11.2. The number of fused-ring (bicyclic) bond motifs is 3. The summed E-state index contributed by atoms with van der Waals surface area (Å²) in [4.78, 5) is 76.2. The lowest BCUT2D eigenvalue weighted by atomic mass is 9.88. The number of carboxylic acid groups (broad SMARTS) is 1. The summed E-state index contributed by atoms with van der Waals surface area (Å²) in [7, 11) is 0. The second-order valence-corrected chi connectivity index (χ2v) is 9.03. The molecule has 0 fully saturated rings. The highest BCUT2D eigenvalue weighted by Crippen LogP contribution is 2.43. The summed E-state index contributed by atoms with van der Waals surface area (Å²) in [5.74, 6) is -8.01. The van der Waals surface area contributed by atoms with Crippen molar-refractivity contribution in [2.24, 2.45) is 0 Å². The summed E-state index contributed by atoms with van der Waals surface area (Å²) < 4.78 is 15.9. The van der Waals surface area contributed by atoms with E-state index in [4.69, 9.17) is 13.6 Å². The fourth-order valence-electron chi connectivity index (χ4n) is 4.79. The van der Waals surface area contributed by atoms with E-state index in [0.29, 0.717) is 0 Å². The van der Waals surface area contributed by atoms with Gasteiger partial charge in [-0.1, -0.05) is 0 Å². The van der Waals surface area contributed by atoms with Gasteiger partial charge in [-0.15, -0.1) is 0 Å². The maximum atomic E-state index is 13.8. The standard InChI is InChI=1S/C28H16O14/c1-8(30)10-3-11-22(34)19-16(5-13(32)24(36)21(19)28(38)39)42-26(11)17(9(2)31)18(10)12-6-40-15-4-14(33)25(37)27(41-7-29)20(15)23(12)35/h3-7,32-33,36-37H,1-2H3,(H,38,39). The van der Waals surface area contributed by atoms with Gasteiger partial charge in [-0.3, -0.25) is 24.0 Å². The van der Waals surface area contributed by atoms with Crippen LogP contribution in [0.1, 0.15) is 44.9 Å². The van der Waals surface area contributed by atoms with Crippen molar-refractivity contribution < 1.29 is 58.3 Å². The van der Waals surface area contributed by atoms with Gasteiger partial charge in [-0.2, -0.15) is 0 Å². The molecule has 2 heterocycles. The van der Waals surface area contributed by atoms with Gasteiger partial charge in [0.2, 0.25) is 16.6 Å². The Morgan fingerprint density at radius 1 is 0.833 bits per heavy atom. The fourth-order valence-corrected chi connectivity index (χ4v) is 4.79. The molecule has 42 heavy (non-hydrogen) atoms. The molecule has 3 aromatic carbocycles. The minimum absolute atomic E-state index is 0.129. The number of aromatic carboxylic acids is 1. The average Bonchev–Trinajstić information content (AvgIpc) is 2.91. The zero-order valence-electron chi connectivity index (χ0n) is 21.3. The first-order chi connectivity index (χ1) is 19.8. The zero-order chi connectivity index (χ0) is 30.8. The third-order valence-electron chi connectivity index (χ3n) is 6.56. The van der Waals surface area contributed by atoms with Crippen molar-refractivity contribution in [2.45, 2.75) is 13.8 Å². The number of benzene rings is 3. The van der Waals surface area contributed by atoms with E-state index in [1.165, 1.54) is 0 Å². The van der Waals surface area contributed by atoms with Gasteiger partial charge in [0.15, 0.2) is 34.6 Å². The molecule has 0 radical (unpaired) electrons. The number of hydrogen-bond acceptors (Lipinski definition) is 13. The lowest BCUT2D eigenvalue weighted by Crippen LogP contribution is -2.16. The smallest absolute Gasteiger partial charge is 0.340 e. The number of carbonyl (C=O) groups is 4. The number of phenolic OH excluding ortho intramolecular Hbond substituents is 3. The Morgan fingerprint density at radius 3 is 2.07 bits per heavy atom. The highest BCUT2D eigenvalue weighted by molar-refractivity contribution is 6.18. The molecular formula is C28H16O14. The largest absolute Gasteiger partial charge is 0.504 e. The molecule has 0 aliphatic carbocycles. The second kappa shape index (κ2) is 9.48. The number of ketones is 2. The van der Waals surface area contributed by atoms with Crippen LogP contribution in [0.15, 0.2) is 42.9 Å². The van der Waals surface area contributed by atoms with Crippen LogP contribution < -0.4 is 15.6 Å². The number of carbonyl (C=O) groups excluding carboxylic acids is 3. The van der Waals surface area contributed by atoms with Crippen LogP contribution in [-0.2, 0) is 4.79 Å². The van der Waals surface area contributed by atoms with Gasteiger partial charge in [0.1, 0.15) is 34.0 Å². The molecule has 0 saturated carbocycles. The summed E-state index contributed by atoms with van der Waals surface area (Å²) in [5.41, 5.74) is -6.24. The minimum atomic E-state index is -1.79. The highest BCUT2D eigenvalue weighted by Gasteiger charge is 2.30. The van der Waals surface area contributed by atoms with Crippen molar-refractivity contribution in [3.05, 3.63) is 61.6 Å². The van der Waals surface area contributed by atoms with Crippen LogP contribution in [0.25, 0.3) is 44.0 Å². The van der Waals surface area contributed by atoms with E-state index in [-0.39, 0.29) is 23.2 Å². The van der Waals surface area contributed by atoms with Gasteiger partial charge in [0.05, 0.1) is 21.9 Å². The first-order valence-electron chi connectivity index (χ1n) is 11.7. The van der Waals surface area contributed by atoms with Gasteiger partial charge in [-0.25, -0.2) is 4.79 Å². The molecule has 2 aromatic heterocycles. The van der Waals surface area contributed by atoms with E-state index in [1.54, 1.807) is 0 Å². The molecule has 0 bridgehead atoms. The molecule has 212 valence electrons. The molecule has 5 rings (SSSR count). The van der Waals surface area contributed by atoms with Crippen molar-refractivity contribution in [1.82, 2.24) is 0 Å². The third-order valence-corrected chi connectivity index (χ3v) is 6.56. The Kier molecular flexibility index (Phi) is 6.18. The molecule has 0 amide bonds. The van der Waals surface area contributed by atoms with Crippen molar-refractivity contribution in [2.75, 3.05) is 0 Å². The monoisotopic (exact) mass is 576 g/mol. The molecular weight excluding hydrogens is 560 g/mol. The van der Waals surface area contributed by atoms with Crippen LogP contribution >= 0.6 is 0 Å². The lowest BCUT2D eigenvalue weighted by Gasteiger charge is -2.16. The molecule has 5 aromatic rings. The van der Waals surface area contributed by atoms with Crippen LogP contribution in [-0.4, -0.2) is 49.5 Å². The maximum absolute atomic E-state index is 13.8. The average molecular weight is 576 g/mol. The van der Waals surface area contributed by atoms with E-state index in [9.17, 15) is 54.3 Å². The van der Waals surface area contributed by atoms with E-state index >= 15 is 0 Å². The highest BCUT2D eigenvalue weighted by atomic mass is 16.5. The fraction of sp³-hybridized carbons (Fsp3) is 0.0714. The quantitative estimate of drug-likeness (QED) is 0.0844. The van der Waals surface area contributed by atoms with E-state index in [0.717, 1.165) is 38.3 Å². The van der Waals surface area contributed by atoms with Gasteiger partial charge < -0.3 is 39.1 Å². The Labute approximate surface area is 230 Å². The molecule has 14 nitrogen and oxygen atoms in total. The molecule has 0 spiro atoms. The number of rotatable bonds is 6. The van der Waals surface area contributed by atoms with Crippen LogP contribution in [0.3, 0.4) is 0 Å². The molecule has 0 aliphatic rings. The number of carboxylic acids is 1. The molecule has 0 aliphatic heterocycles. The Morgan fingerprint density at radius 2 is 1.48 bits per heavy atom. The number of ether oxygens (including phenoxy) is 1. The van der Waals surface area contributed by atoms with E-state index < -0.39 is 101 Å². The van der Waals surface area contributed by atoms with Crippen molar-refractivity contribution in [3.63, 3.8) is 0 Å². The van der Waals surface area contributed by atoms with Gasteiger partial charge in [0.25, 0.3) is 6.47 Å². The Hall–Kier alpha value is -6.18. The van der Waals surface area contributed by atoms with Crippen LogP contribution in [0.5, 0.6) is 28.7 Å². The van der Waals surface area contributed by atoms with E-state index in [2.05, 4.69) is 0 Å². The number of hydrogen-bond donors (Lipinski definition) is 5. The van der Waals surface area contributed by atoms with Crippen molar-refractivity contribution in [1.29, 1.82) is 0 Å². The van der Waals surface area contributed by atoms with Gasteiger partial charge in [0, 0.05) is 23.3 Å². The van der Waals surface area contributed by atoms with Crippen molar-refractivity contribution in [3.8, 4) is 39.9 Å². The van der Waals surface area contributed by atoms with Gasteiger partial charge in [-0.05, 0) is 19.9 Å². The summed E-state index contributed by atoms with van der Waals surface area (Å²) in [6, 6.07) is 2.57. The maximum Gasteiger partial charge on any atom is 0.340 e. The first kappa shape index (κ1) is 27.4. The van der Waals surface area contributed by atoms with Crippen LogP contribution in [0.2, 0.25) is 0 Å². The number of aromatic hydroxyl groups is 4. The molecule has 0 unspecified atom stereocenters. The summed E-state index contributed by atoms with van der Waals surface area (Å²) in [6.45, 7) is 1.95. The summed E-state index contributed by atoms with van der Waals surface area (Å²) in [5, 5.41) is 48.3. The summed E-state index contributed by atoms with van der Waals surface area (Å²) in [6.07, 6.45) is 0.831. The lowest BCUT2D eigenvalue weighted by molar-refractivity contribution is -0.120. The topological polar surface area (TPSA) is 239 Å². The molecule has 5 N–H and O–H groups in total. The Balaban J connectivity index is 2.04. The van der Waals surface area contributed by atoms with E-state index in [1.807, 2.05) is 0 Å². The summed E-state index contributed by atoms with van der Waals surface area (Å²) >= 11 is 0. The predicted molar refractivity (Wildman–Crippen MR) is 142 cm³/mol. The molecule has 0 saturated heterocycles. The SMILES string of the molecule is CC(=O)c1cc2c(=O)c3c(C(=O)O)c(O)c(O)cc3oc2c(C(C)=O)c1-c1coc2cc(O)c(O)c(OC=O)c2c1=O. The minimum Gasteiger partial charge on any atom is -0.504 e. The van der Waals surface area contributed by atoms with Crippen molar-refractivity contribution >= 4 is 56.9 Å². The number of phenols is 4. The second-order valence-electron chi connectivity index (χ2n) is 9.03. The predicted octanol–water partition coefficient (Wildman–Crippen LogP) is 3.18. The first-order valence-corrected chi connectivity index (χ1v) is 11.7. The Bertz CT molecular complexity index is 2200. The molecule has 0 atom stereocenters. The number of Topliss-reactive ketones (excluding diaryl/α,β-unsaturated/α-hetero) is 2. The third kappa shape index (κ3) is 3.81. The van der Waals surface area contributed by atoms with Crippen LogP contribution in [0.4, 0.5) is 0 Å². The van der Waals surface area contributed by atoms with Gasteiger partial charge >= 0.3 is 5.97 Å². The zero-order valence-corrected chi connectivity index (χ0v) is 21.3. The molecule has 14 heteroatoms. The van der Waals surface area contributed by atoms with Crippen LogP contribution in [0, 0.1) is 0 Å².